The number of benzene rings is 3. The number of fused-ring (bicyclic) bond motifs is 5. The van der Waals surface area contributed by atoms with E-state index in [0.717, 1.165) is 34.4 Å². The molecule has 7 heteroatoms. The summed E-state index contributed by atoms with van der Waals surface area (Å²) in [6.07, 6.45) is 0.821. The monoisotopic (exact) mass is 497 g/mol. The van der Waals surface area contributed by atoms with Crippen molar-refractivity contribution in [3.05, 3.63) is 112 Å². The van der Waals surface area contributed by atoms with E-state index in [0.29, 0.717) is 28.9 Å². The molecular formula is C31H23N5O2. The Balaban J connectivity index is 1.42. The number of anilines is 1. The van der Waals surface area contributed by atoms with Crippen LogP contribution in [-0.4, -0.2) is 39.2 Å². The average molecular weight is 498 g/mol. The lowest BCUT2D eigenvalue weighted by atomic mass is 9.92. The third kappa shape index (κ3) is 3.10. The summed E-state index contributed by atoms with van der Waals surface area (Å²) >= 11 is 0. The number of nitriles is 1. The van der Waals surface area contributed by atoms with Crippen LogP contribution in [0.15, 0.2) is 78.9 Å². The van der Waals surface area contributed by atoms with Gasteiger partial charge in [0.15, 0.2) is 5.65 Å². The number of carbonyl (C=O) groups is 2. The topological polar surface area (TPSA) is 81.7 Å². The quantitative estimate of drug-likeness (QED) is 0.325. The molecule has 7 rings (SSSR count). The molecule has 184 valence electrons. The molecule has 0 fully saturated rings. The lowest BCUT2D eigenvalue weighted by molar-refractivity contribution is 0.0642. The van der Waals surface area contributed by atoms with E-state index < -0.39 is 0 Å². The van der Waals surface area contributed by atoms with Crippen molar-refractivity contribution in [2.75, 3.05) is 18.0 Å². The first-order valence-electron chi connectivity index (χ1n) is 12.7. The number of nitrogens with zero attached hydrogens (tertiary/aromatic N) is 5. The molecular weight excluding hydrogens is 474 g/mol. The van der Waals surface area contributed by atoms with Crippen LogP contribution in [0.25, 0.3) is 16.7 Å². The molecule has 1 unspecified atom stereocenters. The predicted molar refractivity (Wildman–Crippen MR) is 144 cm³/mol. The van der Waals surface area contributed by atoms with E-state index in [2.05, 4.69) is 23.1 Å². The summed E-state index contributed by atoms with van der Waals surface area (Å²) in [6, 6.07) is 27.2. The third-order valence-corrected chi connectivity index (χ3v) is 7.81. The molecule has 0 N–H and O–H groups in total. The van der Waals surface area contributed by atoms with E-state index >= 15 is 0 Å². The third-order valence-electron chi connectivity index (χ3n) is 7.81. The van der Waals surface area contributed by atoms with Crippen LogP contribution in [0, 0.1) is 18.3 Å². The van der Waals surface area contributed by atoms with Gasteiger partial charge in [0.2, 0.25) is 0 Å². The van der Waals surface area contributed by atoms with E-state index in [9.17, 15) is 14.9 Å². The lowest BCUT2D eigenvalue weighted by Crippen LogP contribution is -2.44. The second-order valence-electron chi connectivity index (χ2n) is 9.86. The summed E-state index contributed by atoms with van der Waals surface area (Å²) in [5.41, 5.74) is 6.91. The van der Waals surface area contributed by atoms with Gasteiger partial charge in [-0.1, -0.05) is 48.5 Å². The van der Waals surface area contributed by atoms with Crippen molar-refractivity contribution >= 4 is 34.3 Å². The van der Waals surface area contributed by atoms with Crippen molar-refractivity contribution in [1.82, 2.24) is 14.3 Å². The SMILES string of the molecule is Cc1cc(N2CCc3ccccc3C2CN2C(=O)c3ccccc3C2=O)n2c(nc3ccccc32)c1C#N. The Morgan fingerprint density at radius 2 is 1.63 bits per heavy atom. The number of imidazole rings is 1. The van der Waals surface area contributed by atoms with Gasteiger partial charge in [0, 0.05) is 6.54 Å². The summed E-state index contributed by atoms with van der Waals surface area (Å²) in [5, 5.41) is 9.96. The van der Waals surface area contributed by atoms with Crippen LogP contribution in [0.2, 0.25) is 0 Å². The minimum Gasteiger partial charge on any atom is -0.348 e. The Labute approximate surface area is 219 Å². The minimum absolute atomic E-state index is 0.219. The zero-order valence-electron chi connectivity index (χ0n) is 20.8. The Bertz CT molecular complexity index is 1810. The van der Waals surface area contributed by atoms with Crippen molar-refractivity contribution in [1.29, 1.82) is 5.26 Å². The number of hydrogen-bond donors (Lipinski definition) is 0. The van der Waals surface area contributed by atoms with Gasteiger partial charge in [-0.25, -0.2) is 4.98 Å². The summed E-state index contributed by atoms with van der Waals surface area (Å²) in [7, 11) is 0. The van der Waals surface area contributed by atoms with E-state index in [4.69, 9.17) is 4.98 Å². The van der Waals surface area contributed by atoms with Crippen molar-refractivity contribution in [3.63, 3.8) is 0 Å². The molecule has 38 heavy (non-hydrogen) atoms. The van der Waals surface area contributed by atoms with Gasteiger partial charge >= 0.3 is 0 Å². The van der Waals surface area contributed by atoms with Gasteiger partial charge in [-0.2, -0.15) is 5.26 Å². The summed E-state index contributed by atoms with van der Waals surface area (Å²) in [6.45, 7) is 2.84. The number of aromatic nitrogens is 2. The van der Waals surface area contributed by atoms with Crippen LogP contribution in [0.3, 0.4) is 0 Å². The smallest absolute Gasteiger partial charge is 0.261 e. The molecule has 2 amide bonds. The minimum atomic E-state index is -0.265. The van der Waals surface area contributed by atoms with E-state index in [1.54, 1.807) is 24.3 Å². The molecule has 0 aliphatic carbocycles. The normalized spacial score (nSPS) is 16.7. The number of rotatable bonds is 3. The summed E-state index contributed by atoms with van der Waals surface area (Å²) in [5.74, 6) is 0.368. The highest BCUT2D eigenvalue weighted by Crippen LogP contribution is 2.38. The molecule has 3 aromatic carbocycles. The molecule has 4 heterocycles. The van der Waals surface area contributed by atoms with Crippen molar-refractivity contribution < 1.29 is 9.59 Å². The van der Waals surface area contributed by atoms with Gasteiger partial charge in [-0.3, -0.25) is 18.9 Å². The van der Waals surface area contributed by atoms with Crippen molar-refractivity contribution in [2.24, 2.45) is 0 Å². The maximum atomic E-state index is 13.4. The Kier molecular flexibility index (Phi) is 4.85. The van der Waals surface area contributed by atoms with Gasteiger partial charge in [0.1, 0.15) is 11.9 Å². The number of hydrogen-bond acceptors (Lipinski definition) is 5. The Morgan fingerprint density at radius 3 is 2.39 bits per heavy atom. The zero-order valence-corrected chi connectivity index (χ0v) is 20.8. The molecule has 2 aliphatic heterocycles. The molecule has 7 nitrogen and oxygen atoms in total. The Morgan fingerprint density at radius 1 is 0.947 bits per heavy atom. The molecule has 1 atom stereocenters. The summed E-state index contributed by atoms with van der Waals surface area (Å²) in [4.78, 5) is 35.2. The first-order valence-corrected chi connectivity index (χ1v) is 12.7. The molecule has 0 saturated heterocycles. The zero-order chi connectivity index (χ0) is 26.0. The van der Waals surface area contributed by atoms with Gasteiger partial charge in [-0.15, -0.1) is 0 Å². The van der Waals surface area contributed by atoms with Gasteiger partial charge in [-0.05, 0) is 60.4 Å². The van der Waals surface area contributed by atoms with E-state index in [1.165, 1.54) is 10.5 Å². The number of para-hydroxylation sites is 2. The van der Waals surface area contributed by atoms with Crippen LogP contribution in [0.1, 0.15) is 49.0 Å². The number of amides is 2. The van der Waals surface area contributed by atoms with Crippen LogP contribution < -0.4 is 4.90 Å². The highest BCUT2D eigenvalue weighted by atomic mass is 16.2. The maximum absolute atomic E-state index is 13.4. The number of carbonyl (C=O) groups excluding carboxylic acids is 2. The number of aryl methyl sites for hydroxylation is 1. The first kappa shape index (κ1) is 22.3. The van der Waals surface area contributed by atoms with Crippen LogP contribution in [0.5, 0.6) is 0 Å². The highest BCUT2D eigenvalue weighted by molar-refractivity contribution is 6.21. The maximum Gasteiger partial charge on any atom is 0.261 e. The Hall–Kier alpha value is -4.96. The standard InChI is InChI=1S/C31H23N5O2/c1-19-16-28(36-26-13-7-6-12-25(26)33-29(36)24(19)17-32)34-15-14-20-8-2-3-9-21(20)27(34)18-35-30(37)22-10-4-5-11-23(22)31(35)38/h2-13,16,27H,14-15,18H2,1H3. The second kappa shape index (κ2) is 8.29. The fourth-order valence-electron chi connectivity index (χ4n) is 5.98. The van der Waals surface area contributed by atoms with Gasteiger partial charge in [0.05, 0.1) is 40.3 Å². The van der Waals surface area contributed by atoms with Crippen molar-refractivity contribution in [2.45, 2.75) is 19.4 Å². The molecule has 2 aromatic heterocycles. The largest absolute Gasteiger partial charge is 0.348 e. The predicted octanol–water partition coefficient (Wildman–Crippen LogP) is 5.07. The number of pyridine rings is 1. The lowest BCUT2D eigenvalue weighted by Gasteiger charge is -2.40. The summed E-state index contributed by atoms with van der Waals surface area (Å²) < 4.78 is 2.05. The molecule has 2 aliphatic rings. The fourth-order valence-corrected chi connectivity index (χ4v) is 5.98. The molecule has 0 bridgehead atoms. The van der Waals surface area contributed by atoms with Crippen LogP contribution >= 0.6 is 0 Å². The molecule has 0 spiro atoms. The fraction of sp³-hybridized carbons (Fsp3) is 0.161. The molecule has 5 aromatic rings. The highest BCUT2D eigenvalue weighted by Gasteiger charge is 2.40. The second-order valence-corrected chi connectivity index (χ2v) is 9.86. The van der Waals surface area contributed by atoms with Crippen LogP contribution in [-0.2, 0) is 6.42 Å². The van der Waals surface area contributed by atoms with Gasteiger partial charge < -0.3 is 4.90 Å². The average Bonchev–Trinajstić information content (AvgIpc) is 3.44. The van der Waals surface area contributed by atoms with E-state index in [1.807, 2.05) is 53.8 Å². The van der Waals surface area contributed by atoms with Crippen LogP contribution in [0.4, 0.5) is 5.82 Å². The first-order chi connectivity index (χ1) is 18.6. The molecule has 0 saturated carbocycles. The van der Waals surface area contributed by atoms with Crippen molar-refractivity contribution in [3.8, 4) is 6.07 Å². The molecule has 0 radical (unpaired) electrons. The van der Waals surface area contributed by atoms with Gasteiger partial charge in [0.25, 0.3) is 11.8 Å². The van der Waals surface area contributed by atoms with E-state index in [-0.39, 0.29) is 24.4 Å². The number of imide groups is 1.